The highest BCUT2D eigenvalue weighted by atomic mass is 19.1. The number of para-hydroxylation sites is 1. The van der Waals surface area contributed by atoms with Crippen LogP contribution in [0.5, 0.6) is 5.75 Å². The highest BCUT2D eigenvalue weighted by molar-refractivity contribution is 5.85. The number of nitro benzene ring substituents is 1. The van der Waals surface area contributed by atoms with Crippen molar-refractivity contribution in [2.45, 2.75) is 0 Å². The summed E-state index contributed by atoms with van der Waals surface area (Å²) in [5, 5.41) is 28.0. The Morgan fingerprint density at radius 3 is 2.58 bits per heavy atom. The van der Waals surface area contributed by atoms with Gasteiger partial charge in [-0.3, -0.25) is 10.1 Å². The van der Waals surface area contributed by atoms with E-state index in [1.165, 1.54) is 36.5 Å². The number of ether oxygens (including phenoxy) is 1. The number of anilines is 4. The topological polar surface area (TPSA) is 151 Å². The summed E-state index contributed by atoms with van der Waals surface area (Å²) in [4.78, 5) is 25.3. The van der Waals surface area contributed by atoms with Crippen molar-refractivity contribution in [1.29, 1.82) is 0 Å². The lowest BCUT2D eigenvalue weighted by atomic mass is 10.2. The summed E-state index contributed by atoms with van der Waals surface area (Å²) in [7, 11) is 0. The summed E-state index contributed by atoms with van der Waals surface area (Å²) in [6, 6.07) is 9.80. The van der Waals surface area contributed by atoms with Crippen LogP contribution >= 0.6 is 0 Å². The number of nitrogens with zero attached hydrogens (tertiary/aromatic N) is 6. The molecular formula is C20H19FN8O4. The van der Waals surface area contributed by atoms with Gasteiger partial charge in [0.05, 0.1) is 24.4 Å². The second-order valence-electron chi connectivity index (χ2n) is 6.86. The van der Waals surface area contributed by atoms with Crippen LogP contribution in [0.25, 0.3) is 0 Å². The van der Waals surface area contributed by atoms with Gasteiger partial charge in [-0.15, -0.1) is 0 Å². The predicted molar refractivity (Wildman–Crippen MR) is 119 cm³/mol. The van der Waals surface area contributed by atoms with Gasteiger partial charge in [0, 0.05) is 30.4 Å². The van der Waals surface area contributed by atoms with E-state index in [4.69, 9.17) is 4.74 Å². The molecule has 2 aromatic carbocycles. The molecule has 33 heavy (non-hydrogen) atoms. The molecule has 0 radical (unpaired) electrons. The first kappa shape index (κ1) is 21.8. The smallest absolute Gasteiger partial charge is 0.311 e. The molecule has 0 bridgehead atoms. The normalized spacial score (nSPS) is 13.8. The van der Waals surface area contributed by atoms with Crippen LogP contribution in [0.1, 0.15) is 5.56 Å². The highest BCUT2D eigenvalue weighted by Gasteiger charge is 2.17. The van der Waals surface area contributed by atoms with Gasteiger partial charge < -0.3 is 20.1 Å². The predicted octanol–water partition coefficient (Wildman–Crippen LogP) is 2.65. The second kappa shape index (κ2) is 9.82. The number of hydrogen-bond donors (Lipinski definition) is 3. The summed E-state index contributed by atoms with van der Waals surface area (Å²) in [5.74, 6) is -0.192. The third kappa shape index (κ3) is 5.46. The van der Waals surface area contributed by atoms with Crippen molar-refractivity contribution in [1.82, 2.24) is 15.0 Å². The van der Waals surface area contributed by atoms with Crippen LogP contribution in [0, 0.1) is 15.9 Å². The number of hydrazone groups is 1. The van der Waals surface area contributed by atoms with Crippen molar-refractivity contribution in [2.75, 3.05) is 41.9 Å². The molecule has 1 aliphatic rings. The molecule has 0 spiro atoms. The number of phenolic OH excluding ortho intramolecular Hbond substituents is 1. The van der Waals surface area contributed by atoms with Crippen LogP contribution in [-0.2, 0) is 4.74 Å². The van der Waals surface area contributed by atoms with E-state index < -0.39 is 16.4 Å². The molecule has 1 fully saturated rings. The summed E-state index contributed by atoms with van der Waals surface area (Å²) in [6.07, 6.45) is 1.22. The minimum Gasteiger partial charge on any atom is -0.502 e. The first-order chi connectivity index (χ1) is 16.0. The molecule has 12 nitrogen and oxygen atoms in total. The zero-order valence-corrected chi connectivity index (χ0v) is 17.2. The maximum atomic E-state index is 13.2. The van der Waals surface area contributed by atoms with Crippen molar-refractivity contribution in [3.05, 3.63) is 64.0 Å². The third-order valence-electron chi connectivity index (χ3n) is 4.63. The monoisotopic (exact) mass is 454 g/mol. The van der Waals surface area contributed by atoms with Gasteiger partial charge in [-0.25, -0.2) is 9.82 Å². The Bertz CT molecular complexity index is 1170. The molecule has 0 unspecified atom stereocenters. The minimum absolute atomic E-state index is 0.0947. The van der Waals surface area contributed by atoms with Crippen molar-refractivity contribution >= 4 is 35.4 Å². The molecule has 2 heterocycles. The van der Waals surface area contributed by atoms with E-state index in [1.54, 1.807) is 12.1 Å². The first-order valence-electron chi connectivity index (χ1n) is 9.86. The van der Waals surface area contributed by atoms with E-state index in [9.17, 15) is 19.6 Å². The fourth-order valence-corrected chi connectivity index (χ4v) is 3.00. The summed E-state index contributed by atoms with van der Waals surface area (Å²) < 4.78 is 18.6. The lowest BCUT2D eigenvalue weighted by Gasteiger charge is -2.27. The number of morpholine rings is 1. The third-order valence-corrected chi connectivity index (χ3v) is 4.63. The number of nitrogens with one attached hydrogen (secondary N) is 2. The Hall–Kier alpha value is -4.39. The van der Waals surface area contributed by atoms with Crippen molar-refractivity contribution in [2.24, 2.45) is 5.10 Å². The van der Waals surface area contributed by atoms with Gasteiger partial charge in [-0.1, -0.05) is 6.07 Å². The van der Waals surface area contributed by atoms with Crippen LogP contribution in [-0.4, -0.2) is 57.5 Å². The molecule has 0 saturated carbocycles. The molecule has 170 valence electrons. The number of phenols is 1. The van der Waals surface area contributed by atoms with Gasteiger partial charge >= 0.3 is 5.69 Å². The van der Waals surface area contributed by atoms with E-state index >= 15 is 0 Å². The molecule has 0 atom stereocenters. The molecule has 1 aromatic heterocycles. The lowest BCUT2D eigenvalue weighted by molar-refractivity contribution is -0.385. The fraction of sp³-hybridized carbons (Fsp3) is 0.200. The SMILES string of the molecule is O=[N+]([O-])c1cccc(/C=N\Nc2nc(Nc3ccc(F)cc3)nc(N3CCOCC3)n2)c1O. The number of benzene rings is 2. The molecule has 13 heteroatoms. The van der Waals surface area contributed by atoms with E-state index in [2.05, 4.69) is 30.8 Å². The Morgan fingerprint density at radius 2 is 1.85 bits per heavy atom. The van der Waals surface area contributed by atoms with Gasteiger partial charge in [0.1, 0.15) is 5.82 Å². The Morgan fingerprint density at radius 1 is 1.12 bits per heavy atom. The molecule has 4 rings (SSSR count). The number of nitro groups is 1. The quantitative estimate of drug-likeness (QED) is 0.276. The highest BCUT2D eigenvalue weighted by Crippen LogP contribution is 2.28. The minimum atomic E-state index is -0.686. The fourth-order valence-electron chi connectivity index (χ4n) is 3.00. The van der Waals surface area contributed by atoms with Crippen LogP contribution < -0.4 is 15.6 Å². The zero-order chi connectivity index (χ0) is 23.2. The van der Waals surface area contributed by atoms with E-state index in [0.29, 0.717) is 37.9 Å². The maximum Gasteiger partial charge on any atom is 0.311 e. The number of hydrogen-bond acceptors (Lipinski definition) is 11. The van der Waals surface area contributed by atoms with Crippen LogP contribution in [0.3, 0.4) is 0 Å². The largest absolute Gasteiger partial charge is 0.502 e. The lowest BCUT2D eigenvalue weighted by Crippen LogP contribution is -2.37. The number of aromatic nitrogens is 3. The Kier molecular flexibility index (Phi) is 6.50. The summed E-state index contributed by atoms with van der Waals surface area (Å²) >= 11 is 0. The molecule has 1 aliphatic heterocycles. The van der Waals surface area contributed by atoms with Gasteiger partial charge in [0.2, 0.25) is 23.6 Å². The molecule has 0 aliphatic carbocycles. The van der Waals surface area contributed by atoms with Crippen molar-refractivity contribution in [3.8, 4) is 5.75 Å². The average Bonchev–Trinajstić information content (AvgIpc) is 2.82. The van der Waals surface area contributed by atoms with Gasteiger partial charge in [0.25, 0.3) is 0 Å². The van der Waals surface area contributed by atoms with Crippen molar-refractivity contribution in [3.63, 3.8) is 0 Å². The number of aromatic hydroxyl groups is 1. The van der Waals surface area contributed by atoms with Crippen molar-refractivity contribution < 1.29 is 19.2 Å². The summed E-state index contributed by atoms with van der Waals surface area (Å²) in [5.41, 5.74) is 2.94. The molecule has 3 aromatic rings. The molecular weight excluding hydrogens is 435 g/mol. The van der Waals surface area contributed by atoms with Crippen LogP contribution in [0.2, 0.25) is 0 Å². The van der Waals surface area contributed by atoms with Crippen LogP contribution in [0.4, 0.5) is 33.6 Å². The standard InChI is InChI=1S/C20H19FN8O4/c21-14-4-6-15(7-5-14)23-18-24-19(26-20(25-18)28-8-10-33-11-9-28)27-22-12-13-2-1-3-16(17(13)30)29(31)32/h1-7,12,30H,8-11H2,(H2,23,24,25,26,27)/b22-12-. The first-order valence-corrected chi connectivity index (χ1v) is 9.86. The summed E-state index contributed by atoms with van der Waals surface area (Å²) in [6.45, 7) is 2.23. The van der Waals surface area contributed by atoms with E-state index in [1.807, 2.05) is 4.90 Å². The Labute approximate surface area is 186 Å². The molecule has 0 amide bonds. The molecule has 1 saturated heterocycles. The van der Waals surface area contributed by atoms with Gasteiger partial charge in [0.15, 0.2) is 0 Å². The second-order valence-corrected chi connectivity index (χ2v) is 6.86. The average molecular weight is 454 g/mol. The number of halogens is 1. The molecule has 3 N–H and O–H groups in total. The van der Waals surface area contributed by atoms with Crippen LogP contribution in [0.15, 0.2) is 47.6 Å². The van der Waals surface area contributed by atoms with Gasteiger partial charge in [-0.2, -0.15) is 20.1 Å². The maximum absolute atomic E-state index is 13.2. The van der Waals surface area contributed by atoms with E-state index in [-0.39, 0.29) is 23.3 Å². The van der Waals surface area contributed by atoms with E-state index in [0.717, 1.165) is 0 Å². The Balaban J connectivity index is 1.58. The zero-order valence-electron chi connectivity index (χ0n) is 17.2. The number of rotatable bonds is 7. The van der Waals surface area contributed by atoms with Gasteiger partial charge in [-0.05, 0) is 30.3 Å².